The smallest absolute Gasteiger partial charge is 0.321 e. The standard InChI is InChI=1S/C21H27N3O4/c1-2-24(12-13-25)18-10-8-17(9-11-18)23-20(26)14-19(21(27)28)22-15-16-6-4-3-5-7-16/h3-11,19,22,25H,2,12-15H2,1H3,(H,23,26)(H,27,28). The monoisotopic (exact) mass is 385 g/mol. The van der Waals surface area contributed by atoms with E-state index in [1.54, 1.807) is 12.1 Å². The molecule has 0 heterocycles. The van der Waals surface area contributed by atoms with Crippen molar-refractivity contribution in [3.8, 4) is 0 Å². The number of aliphatic hydroxyl groups excluding tert-OH is 1. The van der Waals surface area contributed by atoms with E-state index in [9.17, 15) is 14.7 Å². The third kappa shape index (κ3) is 6.68. The van der Waals surface area contributed by atoms with Crippen molar-refractivity contribution in [2.75, 3.05) is 29.9 Å². The Morgan fingerprint density at radius 3 is 2.32 bits per heavy atom. The minimum Gasteiger partial charge on any atom is -0.480 e. The van der Waals surface area contributed by atoms with Crippen LogP contribution in [0.5, 0.6) is 0 Å². The quantitative estimate of drug-likeness (QED) is 0.472. The average Bonchev–Trinajstić information content (AvgIpc) is 2.70. The first-order valence-electron chi connectivity index (χ1n) is 9.29. The van der Waals surface area contributed by atoms with E-state index in [0.29, 0.717) is 18.8 Å². The van der Waals surface area contributed by atoms with Gasteiger partial charge in [0.25, 0.3) is 0 Å². The van der Waals surface area contributed by atoms with Gasteiger partial charge in [-0.1, -0.05) is 30.3 Å². The summed E-state index contributed by atoms with van der Waals surface area (Å²) in [6, 6.07) is 15.7. The van der Waals surface area contributed by atoms with Crippen LogP contribution < -0.4 is 15.5 Å². The van der Waals surface area contributed by atoms with E-state index < -0.39 is 12.0 Å². The fourth-order valence-corrected chi connectivity index (χ4v) is 2.83. The van der Waals surface area contributed by atoms with Crippen molar-refractivity contribution in [1.29, 1.82) is 0 Å². The van der Waals surface area contributed by atoms with E-state index in [4.69, 9.17) is 5.11 Å². The summed E-state index contributed by atoms with van der Waals surface area (Å²) in [4.78, 5) is 25.7. The lowest BCUT2D eigenvalue weighted by Gasteiger charge is -2.22. The Labute approximate surface area is 165 Å². The van der Waals surface area contributed by atoms with Crippen molar-refractivity contribution in [3.05, 3.63) is 60.2 Å². The molecular weight excluding hydrogens is 358 g/mol. The highest BCUT2D eigenvalue weighted by Crippen LogP contribution is 2.18. The van der Waals surface area contributed by atoms with Gasteiger partial charge in [-0.25, -0.2) is 0 Å². The molecule has 0 spiro atoms. The third-order valence-electron chi connectivity index (χ3n) is 4.35. The molecule has 0 aliphatic carbocycles. The summed E-state index contributed by atoms with van der Waals surface area (Å²) in [5.41, 5.74) is 2.50. The second kappa shape index (κ2) is 11.1. The number of carbonyl (C=O) groups is 2. The van der Waals surface area contributed by atoms with Gasteiger partial charge in [-0.3, -0.25) is 14.9 Å². The number of carboxylic acid groups (broad SMARTS) is 1. The number of amides is 1. The summed E-state index contributed by atoms with van der Waals surface area (Å²) in [6.45, 7) is 3.74. The SMILES string of the molecule is CCN(CCO)c1ccc(NC(=O)CC(NCc2ccccc2)C(=O)O)cc1. The van der Waals surface area contributed by atoms with Gasteiger partial charge in [-0.15, -0.1) is 0 Å². The van der Waals surface area contributed by atoms with Crippen molar-refractivity contribution in [3.63, 3.8) is 0 Å². The number of carboxylic acids is 1. The molecule has 28 heavy (non-hydrogen) atoms. The van der Waals surface area contributed by atoms with Gasteiger partial charge in [0.1, 0.15) is 6.04 Å². The second-order valence-corrected chi connectivity index (χ2v) is 6.36. The molecule has 4 N–H and O–H groups in total. The molecule has 0 aliphatic rings. The van der Waals surface area contributed by atoms with Crippen molar-refractivity contribution in [2.45, 2.75) is 25.9 Å². The van der Waals surface area contributed by atoms with E-state index >= 15 is 0 Å². The Morgan fingerprint density at radius 2 is 1.75 bits per heavy atom. The number of hydrogen-bond donors (Lipinski definition) is 4. The van der Waals surface area contributed by atoms with Gasteiger partial charge in [0.15, 0.2) is 0 Å². The number of hydrogen-bond acceptors (Lipinski definition) is 5. The summed E-state index contributed by atoms with van der Waals surface area (Å²) in [5, 5.41) is 24.1. The van der Waals surface area contributed by atoms with Crippen LogP contribution in [0.15, 0.2) is 54.6 Å². The number of rotatable bonds is 11. The maximum Gasteiger partial charge on any atom is 0.321 e. The molecule has 1 atom stereocenters. The topological polar surface area (TPSA) is 102 Å². The van der Waals surface area contributed by atoms with Crippen LogP contribution in [0.4, 0.5) is 11.4 Å². The summed E-state index contributed by atoms with van der Waals surface area (Å²) in [5.74, 6) is -1.44. The molecule has 0 radical (unpaired) electrons. The molecule has 0 aliphatic heterocycles. The molecule has 2 rings (SSSR count). The van der Waals surface area contributed by atoms with Gasteiger partial charge in [0.05, 0.1) is 13.0 Å². The van der Waals surface area contributed by atoms with Crippen LogP contribution in [0.1, 0.15) is 18.9 Å². The lowest BCUT2D eigenvalue weighted by molar-refractivity contribution is -0.141. The highest BCUT2D eigenvalue weighted by molar-refractivity contribution is 5.94. The first-order valence-corrected chi connectivity index (χ1v) is 9.29. The van der Waals surface area contributed by atoms with E-state index in [1.165, 1.54) is 0 Å². The van der Waals surface area contributed by atoms with Crippen LogP contribution in [0.2, 0.25) is 0 Å². The number of anilines is 2. The van der Waals surface area contributed by atoms with Crippen LogP contribution in [0.3, 0.4) is 0 Å². The summed E-state index contributed by atoms with van der Waals surface area (Å²) in [7, 11) is 0. The van der Waals surface area contributed by atoms with Gasteiger partial charge >= 0.3 is 5.97 Å². The molecule has 7 heteroatoms. The van der Waals surface area contributed by atoms with Crippen LogP contribution in [0, 0.1) is 0 Å². The van der Waals surface area contributed by atoms with Crippen molar-refractivity contribution in [1.82, 2.24) is 5.32 Å². The van der Waals surface area contributed by atoms with Crippen molar-refractivity contribution < 1.29 is 19.8 Å². The molecule has 2 aromatic rings. The normalized spacial score (nSPS) is 11.6. The van der Waals surface area contributed by atoms with Crippen LogP contribution in [0.25, 0.3) is 0 Å². The van der Waals surface area contributed by atoms with E-state index in [0.717, 1.165) is 17.8 Å². The Bertz CT molecular complexity index is 750. The van der Waals surface area contributed by atoms with Gasteiger partial charge < -0.3 is 20.4 Å². The molecule has 0 saturated carbocycles. The number of nitrogens with zero attached hydrogens (tertiary/aromatic N) is 1. The molecule has 0 fully saturated rings. The molecule has 1 unspecified atom stereocenters. The summed E-state index contributed by atoms with van der Waals surface area (Å²) >= 11 is 0. The number of likely N-dealkylation sites (N-methyl/N-ethyl adjacent to an activating group) is 1. The zero-order valence-corrected chi connectivity index (χ0v) is 16.0. The minimum absolute atomic E-state index is 0.0683. The Kier molecular flexibility index (Phi) is 8.45. The minimum atomic E-state index is -1.07. The number of carbonyl (C=O) groups excluding carboxylic acids is 1. The van der Waals surface area contributed by atoms with Crippen molar-refractivity contribution >= 4 is 23.3 Å². The Balaban J connectivity index is 1.90. The average molecular weight is 385 g/mol. The maximum absolute atomic E-state index is 12.3. The van der Waals surface area contributed by atoms with E-state index in [-0.39, 0.29) is 18.9 Å². The zero-order chi connectivity index (χ0) is 20.4. The van der Waals surface area contributed by atoms with Crippen LogP contribution in [-0.4, -0.2) is 47.8 Å². The fraction of sp³-hybridized carbons (Fsp3) is 0.333. The first-order chi connectivity index (χ1) is 13.5. The number of aliphatic carboxylic acids is 1. The predicted octanol–water partition coefficient (Wildman–Crippen LogP) is 2.08. The number of nitrogens with one attached hydrogen (secondary N) is 2. The molecule has 2 aromatic carbocycles. The zero-order valence-electron chi connectivity index (χ0n) is 16.0. The second-order valence-electron chi connectivity index (χ2n) is 6.36. The summed E-state index contributed by atoms with van der Waals surface area (Å²) < 4.78 is 0. The lowest BCUT2D eigenvalue weighted by Crippen LogP contribution is -2.39. The maximum atomic E-state index is 12.3. The molecule has 0 bridgehead atoms. The van der Waals surface area contributed by atoms with Crippen molar-refractivity contribution in [2.24, 2.45) is 0 Å². The van der Waals surface area contributed by atoms with Gasteiger partial charge in [0.2, 0.25) is 5.91 Å². The van der Waals surface area contributed by atoms with Gasteiger partial charge in [-0.05, 0) is 36.8 Å². The molecule has 1 amide bonds. The van der Waals surface area contributed by atoms with Gasteiger partial charge in [0, 0.05) is 31.0 Å². The first kappa shape index (κ1) is 21.4. The molecule has 150 valence electrons. The van der Waals surface area contributed by atoms with E-state index in [1.807, 2.05) is 54.3 Å². The van der Waals surface area contributed by atoms with Gasteiger partial charge in [-0.2, -0.15) is 0 Å². The molecule has 7 nitrogen and oxygen atoms in total. The third-order valence-corrected chi connectivity index (χ3v) is 4.35. The molecule has 0 saturated heterocycles. The van der Waals surface area contributed by atoms with E-state index in [2.05, 4.69) is 10.6 Å². The number of aliphatic hydroxyl groups is 1. The highest BCUT2D eigenvalue weighted by Gasteiger charge is 2.20. The molecule has 0 aromatic heterocycles. The van der Waals surface area contributed by atoms with Crippen LogP contribution >= 0.6 is 0 Å². The Morgan fingerprint density at radius 1 is 1.07 bits per heavy atom. The highest BCUT2D eigenvalue weighted by atomic mass is 16.4. The Hall–Kier alpha value is -2.90. The largest absolute Gasteiger partial charge is 0.480 e. The molecular formula is C21H27N3O4. The fourth-order valence-electron chi connectivity index (χ4n) is 2.83. The lowest BCUT2D eigenvalue weighted by atomic mass is 10.1. The van der Waals surface area contributed by atoms with Crippen LogP contribution in [-0.2, 0) is 16.1 Å². The summed E-state index contributed by atoms with van der Waals surface area (Å²) in [6.07, 6.45) is -0.171. The predicted molar refractivity (Wildman–Crippen MR) is 109 cm³/mol. The number of benzene rings is 2.